The largest absolute Gasteiger partial charge is 0.488 e. The maximum Gasteiger partial charge on any atom is 0.197 e. The molecule has 90 valence electrons. The van der Waals surface area contributed by atoms with E-state index >= 15 is 0 Å². The lowest BCUT2D eigenvalue weighted by Crippen LogP contribution is -2.05. The number of nitrogens with two attached hydrogens (primary N) is 1. The zero-order valence-electron chi connectivity index (χ0n) is 9.64. The maximum atomic E-state index is 5.77. The summed E-state index contributed by atoms with van der Waals surface area (Å²) < 4.78 is 5.77. The third-order valence-electron chi connectivity index (χ3n) is 2.40. The van der Waals surface area contributed by atoms with Crippen LogP contribution in [0.5, 0.6) is 5.75 Å². The smallest absolute Gasteiger partial charge is 0.197 e. The van der Waals surface area contributed by atoms with Crippen molar-refractivity contribution in [1.82, 2.24) is 4.98 Å². The van der Waals surface area contributed by atoms with Gasteiger partial charge < -0.3 is 4.74 Å². The highest BCUT2D eigenvalue weighted by atomic mass is 32.1. The molecule has 0 saturated heterocycles. The topological polar surface area (TPSA) is 60.2 Å². The SMILES string of the molecule is CCc1ccccc1OCc1cnc(NN)s1. The van der Waals surface area contributed by atoms with Gasteiger partial charge in [-0.05, 0) is 18.1 Å². The van der Waals surface area contributed by atoms with Crippen molar-refractivity contribution in [3.05, 3.63) is 40.9 Å². The number of nitrogens with zero attached hydrogens (tertiary/aromatic N) is 1. The van der Waals surface area contributed by atoms with Gasteiger partial charge in [0.1, 0.15) is 12.4 Å². The van der Waals surface area contributed by atoms with Crippen LogP contribution in [0.25, 0.3) is 0 Å². The van der Waals surface area contributed by atoms with E-state index in [-0.39, 0.29) is 0 Å². The first-order chi connectivity index (χ1) is 8.33. The Morgan fingerprint density at radius 1 is 1.41 bits per heavy atom. The average Bonchev–Trinajstić information content (AvgIpc) is 2.84. The van der Waals surface area contributed by atoms with E-state index in [0.717, 1.165) is 17.0 Å². The first-order valence-corrected chi connectivity index (χ1v) is 6.27. The maximum absolute atomic E-state index is 5.77. The molecule has 0 aliphatic rings. The van der Waals surface area contributed by atoms with Gasteiger partial charge in [0.25, 0.3) is 0 Å². The van der Waals surface area contributed by atoms with Gasteiger partial charge in [-0.15, -0.1) is 0 Å². The second-order valence-corrected chi connectivity index (χ2v) is 4.64. The van der Waals surface area contributed by atoms with Crippen molar-refractivity contribution >= 4 is 16.5 Å². The van der Waals surface area contributed by atoms with Crippen molar-refractivity contribution in [1.29, 1.82) is 0 Å². The molecule has 1 aromatic heterocycles. The molecule has 0 saturated carbocycles. The first kappa shape index (κ1) is 11.9. The van der Waals surface area contributed by atoms with E-state index in [2.05, 4.69) is 23.4 Å². The molecule has 0 spiro atoms. The number of hydrogen-bond donors (Lipinski definition) is 2. The number of nitrogen functional groups attached to an aromatic ring is 1. The lowest BCUT2D eigenvalue weighted by molar-refractivity contribution is 0.306. The lowest BCUT2D eigenvalue weighted by Gasteiger charge is -2.08. The Bertz CT molecular complexity index is 484. The molecule has 0 atom stereocenters. The Labute approximate surface area is 104 Å². The van der Waals surface area contributed by atoms with E-state index in [1.165, 1.54) is 16.9 Å². The predicted molar refractivity (Wildman–Crippen MR) is 70.1 cm³/mol. The number of aryl methyl sites for hydroxylation is 1. The molecule has 1 heterocycles. The molecule has 0 aliphatic carbocycles. The van der Waals surface area contributed by atoms with Crippen LogP contribution in [0.3, 0.4) is 0 Å². The van der Waals surface area contributed by atoms with Gasteiger partial charge in [-0.2, -0.15) is 0 Å². The van der Waals surface area contributed by atoms with Crippen LogP contribution in [-0.4, -0.2) is 4.98 Å². The molecule has 17 heavy (non-hydrogen) atoms. The van der Waals surface area contributed by atoms with Crippen molar-refractivity contribution < 1.29 is 4.74 Å². The van der Waals surface area contributed by atoms with E-state index in [1.54, 1.807) is 6.20 Å². The monoisotopic (exact) mass is 249 g/mol. The zero-order chi connectivity index (χ0) is 12.1. The molecule has 0 bridgehead atoms. The second kappa shape index (κ2) is 5.65. The molecule has 0 amide bonds. The molecule has 0 radical (unpaired) electrons. The van der Waals surface area contributed by atoms with E-state index in [0.29, 0.717) is 11.7 Å². The summed E-state index contributed by atoms with van der Waals surface area (Å²) in [5, 5.41) is 0.701. The van der Waals surface area contributed by atoms with Crippen LogP contribution < -0.4 is 16.0 Å². The fraction of sp³-hybridized carbons (Fsp3) is 0.250. The van der Waals surface area contributed by atoms with Crippen LogP contribution in [0.2, 0.25) is 0 Å². The minimum Gasteiger partial charge on any atom is -0.488 e. The molecular formula is C12H15N3OS. The van der Waals surface area contributed by atoms with Gasteiger partial charge >= 0.3 is 0 Å². The highest BCUT2D eigenvalue weighted by molar-refractivity contribution is 7.15. The number of hydrogen-bond acceptors (Lipinski definition) is 5. The molecule has 2 aromatic rings. The number of anilines is 1. The predicted octanol–water partition coefficient (Wildman–Crippen LogP) is 2.57. The third-order valence-corrected chi connectivity index (χ3v) is 3.30. The quantitative estimate of drug-likeness (QED) is 0.631. The van der Waals surface area contributed by atoms with E-state index < -0.39 is 0 Å². The van der Waals surface area contributed by atoms with E-state index in [4.69, 9.17) is 10.6 Å². The summed E-state index contributed by atoms with van der Waals surface area (Å²) in [6.45, 7) is 2.64. The van der Waals surface area contributed by atoms with Crippen LogP contribution in [-0.2, 0) is 13.0 Å². The fourth-order valence-electron chi connectivity index (χ4n) is 1.53. The van der Waals surface area contributed by atoms with Gasteiger partial charge in [-0.3, -0.25) is 5.43 Å². The van der Waals surface area contributed by atoms with Crippen LogP contribution >= 0.6 is 11.3 Å². The normalized spacial score (nSPS) is 10.2. The Balaban J connectivity index is 2.01. The van der Waals surface area contributed by atoms with Gasteiger partial charge in [-0.25, -0.2) is 10.8 Å². The van der Waals surface area contributed by atoms with Crippen LogP contribution in [0, 0.1) is 0 Å². The van der Waals surface area contributed by atoms with Crippen molar-refractivity contribution in [3.63, 3.8) is 0 Å². The van der Waals surface area contributed by atoms with Crippen LogP contribution in [0.15, 0.2) is 30.5 Å². The number of thiazole rings is 1. The fourth-order valence-corrected chi connectivity index (χ4v) is 2.16. The molecule has 4 nitrogen and oxygen atoms in total. The molecule has 0 fully saturated rings. The standard InChI is InChI=1S/C12H15N3OS/c1-2-9-5-3-4-6-11(9)16-8-10-7-14-12(15-13)17-10/h3-7H,2,8,13H2,1H3,(H,14,15). The summed E-state index contributed by atoms with van der Waals surface area (Å²) in [5.41, 5.74) is 3.74. The van der Waals surface area contributed by atoms with Crippen molar-refractivity contribution in [2.24, 2.45) is 5.84 Å². The molecule has 1 aromatic carbocycles. The second-order valence-electron chi connectivity index (χ2n) is 3.53. The highest BCUT2D eigenvalue weighted by Crippen LogP contribution is 2.22. The highest BCUT2D eigenvalue weighted by Gasteiger charge is 2.04. The Morgan fingerprint density at radius 2 is 2.24 bits per heavy atom. The van der Waals surface area contributed by atoms with E-state index in [9.17, 15) is 0 Å². The van der Waals surface area contributed by atoms with Gasteiger partial charge in [-0.1, -0.05) is 36.5 Å². The summed E-state index contributed by atoms with van der Waals surface area (Å²) >= 11 is 1.49. The van der Waals surface area contributed by atoms with Gasteiger partial charge in [0.05, 0.1) is 4.88 Å². The van der Waals surface area contributed by atoms with Crippen molar-refractivity contribution in [3.8, 4) is 5.75 Å². The van der Waals surface area contributed by atoms with Gasteiger partial charge in [0.15, 0.2) is 5.13 Å². The summed E-state index contributed by atoms with van der Waals surface area (Å²) in [5.74, 6) is 6.21. The van der Waals surface area contributed by atoms with Gasteiger partial charge in [0.2, 0.25) is 0 Å². The average molecular weight is 249 g/mol. The van der Waals surface area contributed by atoms with E-state index in [1.807, 2.05) is 18.2 Å². The molecular weight excluding hydrogens is 234 g/mol. The summed E-state index contributed by atoms with van der Waals surface area (Å²) in [6.07, 6.45) is 2.74. The minimum atomic E-state index is 0.524. The number of aromatic nitrogens is 1. The summed E-state index contributed by atoms with van der Waals surface area (Å²) in [7, 11) is 0. The summed E-state index contributed by atoms with van der Waals surface area (Å²) in [6, 6.07) is 8.07. The van der Waals surface area contributed by atoms with Crippen LogP contribution in [0.4, 0.5) is 5.13 Å². The van der Waals surface area contributed by atoms with Gasteiger partial charge in [0, 0.05) is 6.20 Å². The Morgan fingerprint density at radius 3 is 2.94 bits per heavy atom. The number of ether oxygens (including phenoxy) is 1. The molecule has 3 N–H and O–H groups in total. The molecule has 2 rings (SSSR count). The number of benzene rings is 1. The minimum absolute atomic E-state index is 0.524. The Kier molecular flexibility index (Phi) is 3.95. The molecule has 0 aliphatic heterocycles. The third kappa shape index (κ3) is 2.95. The van der Waals surface area contributed by atoms with Crippen LogP contribution in [0.1, 0.15) is 17.4 Å². The van der Waals surface area contributed by atoms with Crippen molar-refractivity contribution in [2.45, 2.75) is 20.0 Å². The lowest BCUT2D eigenvalue weighted by atomic mass is 10.1. The first-order valence-electron chi connectivity index (χ1n) is 5.45. The summed E-state index contributed by atoms with van der Waals surface area (Å²) in [4.78, 5) is 5.14. The number of para-hydroxylation sites is 1. The number of rotatable bonds is 5. The number of hydrazine groups is 1. The number of nitrogens with one attached hydrogen (secondary N) is 1. The molecule has 5 heteroatoms. The Hall–Kier alpha value is -1.59. The molecule has 0 unspecified atom stereocenters. The van der Waals surface area contributed by atoms with Crippen molar-refractivity contribution in [2.75, 3.05) is 5.43 Å². The zero-order valence-corrected chi connectivity index (χ0v) is 10.5.